The standard InChI is InChI=1S/C32H32F3N5O2/c1-18(2)39-11-9-19(10-12-39)22-13-20-14-28(38-27(20)16-25(22)34)31(41)23-17-37-40(32(23)36)29-8-7-21(15-26(29)35)42-30-6-4-3-5-24(30)33/h3-6,8,13-19,21,38H,7,9-12,36H2,1-2H3. The summed E-state index contributed by atoms with van der Waals surface area (Å²) >= 11 is 0. The molecule has 2 aromatic heterocycles. The number of piperidine rings is 1. The van der Waals surface area contributed by atoms with Crippen LogP contribution in [0.25, 0.3) is 16.6 Å². The third-order valence-corrected chi connectivity index (χ3v) is 8.20. The molecule has 2 aromatic carbocycles. The summed E-state index contributed by atoms with van der Waals surface area (Å²) in [5.74, 6) is -1.82. The van der Waals surface area contributed by atoms with Gasteiger partial charge in [-0.2, -0.15) is 5.10 Å². The van der Waals surface area contributed by atoms with Gasteiger partial charge in [0.2, 0.25) is 5.78 Å². The zero-order valence-electron chi connectivity index (χ0n) is 23.4. The second-order valence-corrected chi connectivity index (χ2v) is 11.2. The van der Waals surface area contributed by atoms with E-state index in [4.69, 9.17) is 10.5 Å². The van der Waals surface area contributed by atoms with Gasteiger partial charge in [-0.3, -0.25) is 4.79 Å². The highest BCUT2D eigenvalue weighted by Crippen LogP contribution is 2.34. The molecule has 1 aliphatic carbocycles. The van der Waals surface area contributed by atoms with Gasteiger partial charge in [-0.15, -0.1) is 0 Å². The van der Waals surface area contributed by atoms with E-state index in [1.165, 1.54) is 36.5 Å². The summed E-state index contributed by atoms with van der Waals surface area (Å²) in [6, 6.07) is 11.3. The second-order valence-electron chi connectivity index (χ2n) is 11.2. The van der Waals surface area contributed by atoms with E-state index in [2.05, 4.69) is 28.8 Å². The van der Waals surface area contributed by atoms with E-state index in [1.807, 2.05) is 6.07 Å². The first-order valence-electron chi connectivity index (χ1n) is 14.1. The molecule has 3 N–H and O–H groups in total. The molecule has 1 atom stereocenters. The highest BCUT2D eigenvalue weighted by Gasteiger charge is 2.27. The zero-order valence-corrected chi connectivity index (χ0v) is 23.4. The smallest absolute Gasteiger partial charge is 0.214 e. The molecule has 0 spiro atoms. The highest BCUT2D eigenvalue weighted by atomic mass is 19.1. The van der Waals surface area contributed by atoms with Crippen molar-refractivity contribution in [1.82, 2.24) is 19.7 Å². The first kappa shape index (κ1) is 27.8. The van der Waals surface area contributed by atoms with Gasteiger partial charge in [-0.25, -0.2) is 17.9 Å². The Morgan fingerprint density at radius 2 is 1.86 bits per heavy atom. The summed E-state index contributed by atoms with van der Waals surface area (Å²) in [5, 5.41) is 4.90. The number of likely N-dealkylation sites (tertiary alicyclic amines) is 1. The number of nitrogens with one attached hydrogen (secondary N) is 1. The number of para-hydroxylation sites is 1. The van der Waals surface area contributed by atoms with Crippen molar-refractivity contribution < 1.29 is 22.7 Å². The molecule has 3 heterocycles. The van der Waals surface area contributed by atoms with Crippen LogP contribution in [0.2, 0.25) is 0 Å². The monoisotopic (exact) mass is 575 g/mol. The summed E-state index contributed by atoms with van der Waals surface area (Å²) in [5.41, 5.74) is 7.83. The number of hydrogen-bond donors (Lipinski definition) is 2. The molecule has 42 heavy (non-hydrogen) atoms. The number of carbonyl (C=O) groups excluding carboxylic acids is 1. The number of aromatic amines is 1. The molecule has 1 saturated heterocycles. The number of fused-ring (bicyclic) bond motifs is 1. The molecule has 1 fully saturated rings. The van der Waals surface area contributed by atoms with E-state index in [9.17, 15) is 9.18 Å². The highest BCUT2D eigenvalue weighted by molar-refractivity contribution is 6.12. The molecule has 1 unspecified atom stereocenters. The van der Waals surface area contributed by atoms with E-state index < -0.39 is 23.5 Å². The average Bonchev–Trinajstić information content (AvgIpc) is 3.56. The Labute approximate surface area is 241 Å². The molecule has 0 amide bonds. The van der Waals surface area contributed by atoms with Crippen molar-refractivity contribution in [3.8, 4) is 5.75 Å². The fraction of sp³-hybridized carbons (Fsp3) is 0.312. The Morgan fingerprint density at radius 3 is 2.57 bits per heavy atom. The molecule has 4 aromatic rings. The van der Waals surface area contributed by atoms with Gasteiger partial charge in [0.05, 0.1) is 23.2 Å². The number of hydrogen-bond acceptors (Lipinski definition) is 5. The maximum atomic E-state index is 15.1. The molecule has 0 radical (unpaired) electrons. The fourth-order valence-corrected chi connectivity index (χ4v) is 5.82. The Kier molecular flexibility index (Phi) is 7.40. The topological polar surface area (TPSA) is 89.2 Å². The molecule has 10 heteroatoms. The van der Waals surface area contributed by atoms with Gasteiger partial charge >= 0.3 is 0 Å². The largest absolute Gasteiger partial charge is 0.483 e. The summed E-state index contributed by atoms with van der Waals surface area (Å²) in [6.07, 6.45) is 5.33. The minimum Gasteiger partial charge on any atom is -0.483 e. The van der Waals surface area contributed by atoms with Crippen LogP contribution < -0.4 is 10.5 Å². The predicted molar refractivity (Wildman–Crippen MR) is 156 cm³/mol. The first-order chi connectivity index (χ1) is 20.2. The maximum Gasteiger partial charge on any atom is 0.214 e. The Morgan fingerprint density at radius 1 is 1.10 bits per heavy atom. The number of nitrogens with zero attached hydrogens (tertiary/aromatic N) is 3. The lowest BCUT2D eigenvalue weighted by Crippen LogP contribution is -2.37. The third-order valence-electron chi connectivity index (χ3n) is 8.20. The van der Waals surface area contributed by atoms with Crippen LogP contribution in [-0.2, 0) is 0 Å². The number of allylic oxidation sites excluding steroid dienone is 2. The summed E-state index contributed by atoms with van der Waals surface area (Å²) in [7, 11) is 0. The molecule has 2 aliphatic rings. The van der Waals surface area contributed by atoms with Crippen molar-refractivity contribution >= 4 is 28.2 Å². The predicted octanol–water partition coefficient (Wildman–Crippen LogP) is 6.59. The van der Waals surface area contributed by atoms with Crippen LogP contribution >= 0.6 is 0 Å². The summed E-state index contributed by atoms with van der Waals surface area (Å²) in [6.45, 7) is 6.18. The van der Waals surface area contributed by atoms with Crippen molar-refractivity contribution in [3.05, 3.63) is 95.1 Å². The lowest BCUT2D eigenvalue weighted by atomic mass is 9.88. The van der Waals surface area contributed by atoms with Crippen LogP contribution in [0.5, 0.6) is 5.75 Å². The Bertz CT molecular complexity index is 1710. The van der Waals surface area contributed by atoms with Crippen LogP contribution in [-0.4, -0.2) is 50.7 Å². The number of aromatic nitrogens is 3. The number of benzene rings is 2. The van der Waals surface area contributed by atoms with E-state index in [1.54, 1.807) is 18.2 Å². The number of nitrogens with two attached hydrogens (primary N) is 1. The van der Waals surface area contributed by atoms with Crippen LogP contribution in [0, 0.1) is 11.6 Å². The third kappa shape index (κ3) is 5.22. The van der Waals surface area contributed by atoms with Gasteiger partial charge in [-0.1, -0.05) is 18.2 Å². The number of halogens is 3. The number of nitrogen functional groups attached to an aromatic ring is 1. The molecule has 6 rings (SSSR count). The fourth-order valence-electron chi connectivity index (χ4n) is 5.82. The average molecular weight is 576 g/mol. The van der Waals surface area contributed by atoms with Crippen LogP contribution in [0.15, 0.2) is 66.6 Å². The first-order valence-corrected chi connectivity index (χ1v) is 14.1. The molecule has 218 valence electrons. The Hall–Kier alpha value is -4.31. The summed E-state index contributed by atoms with van der Waals surface area (Å²) in [4.78, 5) is 18.8. The zero-order chi connectivity index (χ0) is 29.5. The van der Waals surface area contributed by atoms with E-state index in [-0.39, 0.29) is 46.7 Å². The number of H-pyrrole nitrogens is 1. The van der Waals surface area contributed by atoms with Crippen LogP contribution in [0.3, 0.4) is 0 Å². The number of anilines is 1. The summed E-state index contributed by atoms with van der Waals surface area (Å²) < 4.78 is 50.9. The quantitative estimate of drug-likeness (QED) is 0.243. The second kappa shape index (κ2) is 11.2. The SMILES string of the molecule is CC(C)N1CCC(c2cc3cc(C(=O)c4cnn(C5=CCC(Oc6ccccc6F)C=C5F)c4N)[nH]c3cc2F)CC1. The lowest BCUT2D eigenvalue weighted by molar-refractivity contribution is 0.103. The molecular formula is C32H32F3N5O2. The lowest BCUT2D eigenvalue weighted by Gasteiger charge is -2.34. The van der Waals surface area contributed by atoms with Gasteiger partial charge in [-0.05, 0) is 87.7 Å². The van der Waals surface area contributed by atoms with Crippen LogP contribution in [0.4, 0.5) is 19.0 Å². The minimum absolute atomic E-state index is 0.0248. The number of carbonyl (C=O) groups is 1. The van der Waals surface area contributed by atoms with Gasteiger partial charge < -0.3 is 20.4 Å². The molecule has 1 aliphatic heterocycles. The van der Waals surface area contributed by atoms with Crippen molar-refractivity contribution in [2.24, 2.45) is 0 Å². The van der Waals surface area contributed by atoms with E-state index in [0.29, 0.717) is 17.1 Å². The number of rotatable bonds is 7. The van der Waals surface area contributed by atoms with E-state index in [0.717, 1.165) is 36.0 Å². The molecule has 0 bridgehead atoms. The van der Waals surface area contributed by atoms with Gasteiger partial charge in [0.25, 0.3) is 0 Å². The Balaban J connectivity index is 1.20. The van der Waals surface area contributed by atoms with E-state index >= 15 is 8.78 Å². The number of ether oxygens (including phenoxy) is 1. The van der Waals surface area contributed by atoms with Crippen molar-refractivity contribution in [3.63, 3.8) is 0 Å². The molecule has 7 nitrogen and oxygen atoms in total. The van der Waals surface area contributed by atoms with Gasteiger partial charge in [0, 0.05) is 23.4 Å². The van der Waals surface area contributed by atoms with Gasteiger partial charge in [0.15, 0.2) is 11.6 Å². The van der Waals surface area contributed by atoms with Crippen molar-refractivity contribution in [1.29, 1.82) is 0 Å². The number of ketones is 1. The molecular weight excluding hydrogens is 543 g/mol. The molecule has 0 saturated carbocycles. The maximum absolute atomic E-state index is 15.1. The van der Waals surface area contributed by atoms with Gasteiger partial charge in [0.1, 0.15) is 23.6 Å². The van der Waals surface area contributed by atoms with Crippen molar-refractivity contribution in [2.75, 3.05) is 18.8 Å². The van der Waals surface area contributed by atoms with Crippen molar-refractivity contribution in [2.45, 2.75) is 51.2 Å². The minimum atomic E-state index is -0.720. The van der Waals surface area contributed by atoms with Crippen LogP contribution in [0.1, 0.15) is 60.6 Å². The normalized spacial score (nSPS) is 18.4.